The molecular formula is C14H7Br2ClF3NO. The Labute approximate surface area is 145 Å². The van der Waals surface area contributed by atoms with E-state index in [9.17, 15) is 18.3 Å². The molecular weight excluding hydrogens is 450 g/mol. The van der Waals surface area contributed by atoms with E-state index in [1.807, 2.05) is 0 Å². The maximum atomic E-state index is 12.7. The smallest absolute Gasteiger partial charge is 0.416 e. The zero-order chi connectivity index (χ0) is 16.5. The van der Waals surface area contributed by atoms with Crippen molar-refractivity contribution in [3.05, 3.63) is 55.4 Å². The summed E-state index contributed by atoms with van der Waals surface area (Å²) in [7, 11) is 0. The van der Waals surface area contributed by atoms with Gasteiger partial charge in [0.2, 0.25) is 0 Å². The fourth-order valence-corrected chi connectivity index (χ4v) is 3.04. The van der Waals surface area contributed by atoms with Gasteiger partial charge in [0.25, 0.3) is 0 Å². The van der Waals surface area contributed by atoms with Crippen LogP contribution < -0.4 is 0 Å². The predicted octanol–water partition coefficient (Wildman–Crippen LogP) is 6.34. The van der Waals surface area contributed by atoms with Crippen LogP contribution in [0.5, 0.6) is 5.75 Å². The van der Waals surface area contributed by atoms with E-state index in [4.69, 9.17) is 11.6 Å². The summed E-state index contributed by atoms with van der Waals surface area (Å²) in [6, 6.07) is 6.07. The number of hydrogen-bond donors (Lipinski definition) is 1. The highest BCUT2D eigenvalue weighted by atomic mass is 79.9. The average molecular weight is 457 g/mol. The van der Waals surface area contributed by atoms with Gasteiger partial charge < -0.3 is 5.11 Å². The Balaban J connectivity index is 2.43. The zero-order valence-electron chi connectivity index (χ0n) is 10.6. The van der Waals surface area contributed by atoms with E-state index in [-0.39, 0.29) is 16.5 Å². The van der Waals surface area contributed by atoms with Gasteiger partial charge in [-0.05, 0) is 46.3 Å². The summed E-state index contributed by atoms with van der Waals surface area (Å²) in [5.74, 6) is -0.0740. The maximum Gasteiger partial charge on any atom is 0.416 e. The molecule has 0 bridgehead atoms. The number of alkyl halides is 3. The molecule has 2 aromatic rings. The van der Waals surface area contributed by atoms with Gasteiger partial charge in [-0.1, -0.05) is 27.5 Å². The third kappa shape index (κ3) is 4.02. The Morgan fingerprint density at radius 2 is 1.82 bits per heavy atom. The molecule has 0 aromatic heterocycles. The average Bonchev–Trinajstić information content (AvgIpc) is 2.41. The fraction of sp³-hybridized carbons (Fsp3) is 0.0714. The first-order valence-corrected chi connectivity index (χ1v) is 7.73. The first-order chi connectivity index (χ1) is 10.2. The summed E-state index contributed by atoms with van der Waals surface area (Å²) in [6.07, 6.45) is -3.23. The maximum absolute atomic E-state index is 12.7. The largest absolute Gasteiger partial charge is 0.506 e. The second-order valence-electron chi connectivity index (χ2n) is 4.25. The highest BCUT2D eigenvalue weighted by Crippen LogP contribution is 2.36. The molecule has 0 aliphatic carbocycles. The first kappa shape index (κ1) is 17.3. The number of halogens is 6. The summed E-state index contributed by atoms with van der Waals surface area (Å²) < 4.78 is 39.2. The molecule has 8 heteroatoms. The van der Waals surface area contributed by atoms with E-state index in [1.165, 1.54) is 6.21 Å². The van der Waals surface area contributed by atoms with E-state index in [1.54, 1.807) is 12.1 Å². The highest BCUT2D eigenvalue weighted by Gasteiger charge is 2.30. The van der Waals surface area contributed by atoms with Gasteiger partial charge in [0, 0.05) is 16.3 Å². The summed E-state index contributed by atoms with van der Waals surface area (Å²) in [5.41, 5.74) is -0.551. The first-order valence-electron chi connectivity index (χ1n) is 5.77. The minimum atomic E-state index is -4.48. The standard InChI is InChI=1S/C14H7Br2ClF3NO/c15-9-3-7(13(22)10(16)5-9)6-21-12-4-8(14(18,19)20)1-2-11(12)17/h1-6,22H/b21-6+. The van der Waals surface area contributed by atoms with E-state index in [0.29, 0.717) is 14.5 Å². The Kier molecular flexibility index (Phi) is 5.19. The molecule has 116 valence electrons. The van der Waals surface area contributed by atoms with Crippen molar-refractivity contribution in [1.82, 2.24) is 0 Å². The van der Waals surface area contributed by atoms with Crippen LogP contribution >= 0.6 is 43.5 Å². The normalized spacial score (nSPS) is 12.1. The number of phenolic OH excluding ortho intramolecular Hbond substituents is 1. The lowest BCUT2D eigenvalue weighted by Gasteiger charge is -2.08. The Hall–Kier alpha value is -1.05. The van der Waals surface area contributed by atoms with Gasteiger partial charge in [-0.25, -0.2) is 0 Å². The molecule has 0 radical (unpaired) electrons. The van der Waals surface area contributed by atoms with E-state index < -0.39 is 11.7 Å². The lowest BCUT2D eigenvalue weighted by molar-refractivity contribution is -0.137. The van der Waals surface area contributed by atoms with Crippen molar-refractivity contribution in [3.8, 4) is 5.75 Å². The topological polar surface area (TPSA) is 32.6 Å². The number of hydrogen-bond acceptors (Lipinski definition) is 2. The second kappa shape index (κ2) is 6.60. The predicted molar refractivity (Wildman–Crippen MR) is 87.2 cm³/mol. The van der Waals surface area contributed by atoms with Gasteiger partial charge in [0.15, 0.2) is 0 Å². The zero-order valence-corrected chi connectivity index (χ0v) is 14.6. The lowest BCUT2D eigenvalue weighted by atomic mass is 10.2. The SMILES string of the molecule is Oc1c(Br)cc(Br)cc1/C=N/c1cc(C(F)(F)F)ccc1Cl. The van der Waals surface area contributed by atoms with Crippen LogP contribution in [0, 0.1) is 0 Å². The van der Waals surface area contributed by atoms with Gasteiger partial charge in [-0.2, -0.15) is 13.2 Å². The van der Waals surface area contributed by atoms with Crippen molar-refractivity contribution in [1.29, 1.82) is 0 Å². The molecule has 2 aromatic carbocycles. The minimum absolute atomic E-state index is 0.0352. The quantitative estimate of drug-likeness (QED) is 0.525. The highest BCUT2D eigenvalue weighted by molar-refractivity contribution is 9.11. The van der Waals surface area contributed by atoms with Gasteiger partial charge >= 0.3 is 6.18 Å². The van der Waals surface area contributed by atoms with Crippen LogP contribution in [-0.2, 0) is 6.18 Å². The Bertz CT molecular complexity index is 748. The summed E-state index contributed by atoms with van der Waals surface area (Å²) in [6.45, 7) is 0. The van der Waals surface area contributed by atoms with Crippen molar-refractivity contribution in [2.75, 3.05) is 0 Å². The van der Waals surface area contributed by atoms with Crippen LogP contribution in [0.2, 0.25) is 5.02 Å². The van der Waals surface area contributed by atoms with Crippen molar-refractivity contribution >= 4 is 55.4 Å². The van der Waals surface area contributed by atoms with Gasteiger partial charge in [0.05, 0.1) is 20.7 Å². The van der Waals surface area contributed by atoms with Crippen LogP contribution in [0.3, 0.4) is 0 Å². The molecule has 0 spiro atoms. The molecule has 0 aliphatic rings. The third-order valence-corrected chi connectivity index (χ3v) is 4.06. The molecule has 2 nitrogen and oxygen atoms in total. The van der Waals surface area contributed by atoms with Gasteiger partial charge in [0.1, 0.15) is 5.75 Å². The van der Waals surface area contributed by atoms with E-state index in [0.717, 1.165) is 18.2 Å². The lowest BCUT2D eigenvalue weighted by Crippen LogP contribution is -2.04. The third-order valence-electron chi connectivity index (χ3n) is 2.67. The second-order valence-corrected chi connectivity index (χ2v) is 6.42. The van der Waals surface area contributed by atoms with Crippen LogP contribution in [0.15, 0.2) is 44.3 Å². The van der Waals surface area contributed by atoms with Crippen LogP contribution in [0.1, 0.15) is 11.1 Å². The molecule has 0 aliphatic heterocycles. The van der Waals surface area contributed by atoms with E-state index in [2.05, 4.69) is 36.9 Å². The monoisotopic (exact) mass is 455 g/mol. The number of rotatable bonds is 2. The Morgan fingerprint density at radius 1 is 1.14 bits per heavy atom. The van der Waals surface area contributed by atoms with Gasteiger partial charge in [-0.3, -0.25) is 4.99 Å². The summed E-state index contributed by atoms with van der Waals surface area (Å²) in [5, 5.41) is 9.96. The van der Waals surface area contributed by atoms with Gasteiger partial charge in [-0.15, -0.1) is 0 Å². The summed E-state index contributed by atoms with van der Waals surface area (Å²) in [4.78, 5) is 3.93. The molecule has 22 heavy (non-hydrogen) atoms. The van der Waals surface area contributed by atoms with E-state index >= 15 is 0 Å². The van der Waals surface area contributed by atoms with Crippen molar-refractivity contribution in [2.24, 2.45) is 4.99 Å². The van der Waals surface area contributed by atoms with Crippen molar-refractivity contribution < 1.29 is 18.3 Å². The molecule has 0 amide bonds. The number of aliphatic imine (C=N–C) groups is 1. The number of benzene rings is 2. The molecule has 0 unspecified atom stereocenters. The van der Waals surface area contributed by atoms with Crippen LogP contribution in [-0.4, -0.2) is 11.3 Å². The molecule has 0 fully saturated rings. The molecule has 1 N–H and O–H groups in total. The van der Waals surface area contributed by atoms with Crippen molar-refractivity contribution in [3.63, 3.8) is 0 Å². The fourth-order valence-electron chi connectivity index (χ4n) is 1.61. The molecule has 2 rings (SSSR count). The minimum Gasteiger partial charge on any atom is -0.506 e. The molecule has 0 saturated carbocycles. The van der Waals surface area contributed by atoms with Crippen molar-refractivity contribution in [2.45, 2.75) is 6.18 Å². The molecule has 0 atom stereocenters. The number of nitrogens with zero attached hydrogens (tertiary/aromatic N) is 1. The Morgan fingerprint density at radius 3 is 2.45 bits per heavy atom. The molecule has 0 saturated heterocycles. The summed E-state index contributed by atoms with van der Waals surface area (Å²) >= 11 is 12.3. The number of phenols is 1. The number of aromatic hydroxyl groups is 1. The van der Waals surface area contributed by atoms with Crippen LogP contribution in [0.4, 0.5) is 18.9 Å². The molecule has 0 heterocycles. The van der Waals surface area contributed by atoms with Crippen LogP contribution in [0.25, 0.3) is 0 Å².